The van der Waals surface area contributed by atoms with Gasteiger partial charge in [0.1, 0.15) is 11.5 Å². The molecule has 1 aliphatic heterocycles. The molecule has 0 radical (unpaired) electrons. The highest BCUT2D eigenvalue weighted by Gasteiger charge is 2.71. The molecule has 0 aromatic carbocycles. The number of piperidine rings is 1. The van der Waals surface area contributed by atoms with Gasteiger partial charge in [-0.05, 0) is 20.9 Å². The third-order valence-corrected chi connectivity index (χ3v) is 3.42. The number of alkyl halides is 1. The fraction of sp³-hybridized carbons (Fsp3) is 0.889. The summed E-state index contributed by atoms with van der Waals surface area (Å²) in [5.74, 6) is 0.183. The lowest BCUT2D eigenvalue weighted by atomic mass is 10.1. The molecule has 1 unspecified atom stereocenters. The van der Waals surface area contributed by atoms with E-state index in [9.17, 15) is 9.18 Å². The van der Waals surface area contributed by atoms with Crippen molar-refractivity contribution in [2.75, 3.05) is 13.6 Å². The summed E-state index contributed by atoms with van der Waals surface area (Å²) in [6.07, 6.45) is 0. The Labute approximate surface area is 71.7 Å². The van der Waals surface area contributed by atoms with Crippen LogP contribution in [-0.2, 0) is 4.79 Å². The van der Waals surface area contributed by atoms with Crippen LogP contribution in [0.5, 0.6) is 0 Å². The SMILES string of the molecule is CC(=O)[C@@H]1[C@@H]2[C@H](CN1C)C2(C)F. The number of Topliss-reactive ketones (excluding diaryl/α,β-unsaturated/α-hetero) is 1. The average Bonchev–Trinajstić information content (AvgIpc) is 2.40. The van der Waals surface area contributed by atoms with Crippen LogP contribution >= 0.6 is 0 Å². The van der Waals surface area contributed by atoms with Gasteiger partial charge in [-0.25, -0.2) is 4.39 Å². The summed E-state index contributed by atoms with van der Waals surface area (Å²) in [4.78, 5) is 13.1. The lowest BCUT2D eigenvalue weighted by Gasteiger charge is -2.23. The van der Waals surface area contributed by atoms with Gasteiger partial charge in [-0.2, -0.15) is 0 Å². The lowest BCUT2D eigenvalue weighted by molar-refractivity contribution is -0.122. The standard InChI is InChI=1S/C9H14FNO/c1-5(12)8-7-6(4-11(8)3)9(7,2)10/h6-8H,4H2,1-3H3/t6-,7-,8+,9?/m0/s1. The molecule has 4 atom stereocenters. The number of carbonyl (C=O) groups excluding carboxylic acids is 1. The van der Waals surface area contributed by atoms with Gasteiger partial charge in [0, 0.05) is 18.4 Å². The molecule has 68 valence electrons. The van der Waals surface area contributed by atoms with Crippen molar-refractivity contribution in [3.63, 3.8) is 0 Å². The first-order valence-corrected chi connectivity index (χ1v) is 4.36. The third kappa shape index (κ3) is 0.802. The molecule has 1 saturated heterocycles. The van der Waals surface area contributed by atoms with E-state index in [0.717, 1.165) is 6.54 Å². The van der Waals surface area contributed by atoms with Crippen molar-refractivity contribution in [2.45, 2.75) is 25.6 Å². The van der Waals surface area contributed by atoms with E-state index < -0.39 is 5.67 Å². The summed E-state index contributed by atoms with van der Waals surface area (Å²) in [5.41, 5.74) is -1.07. The van der Waals surface area contributed by atoms with Crippen molar-refractivity contribution in [2.24, 2.45) is 11.8 Å². The van der Waals surface area contributed by atoms with E-state index in [-0.39, 0.29) is 23.7 Å². The summed E-state index contributed by atoms with van der Waals surface area (Å²) in [6, 6.07) is -0.162. The fourth-order valence-electron chi connectivity index (χ4n) is 2.68. The molecule has 0 aromatic heterocycles. The second-order valence-corrected chi connectivity index (χ2v) is 4.28. The molecule has 1 aliphatic carbocycles. The van der Waals surface area contributed by atoms with Crippen LogP contribution in [0.4, 0.5) is 4.39 Å². The number of hydrogen-bond donors (Lipinski definition) is 0. The predicted octanol–water partition coefficient (Wildman–Crippen LogP) is 0.864. The highest BCUT2D eigenvalue weighted by molar-refractivity contribution is 5.83. The highest BCUT2D eigenvalue weighted by atomic mass is 19.1. The molecule has 0 bridgehead atoms. The van der Waals surface area contributed by atoms with Gasteiger partial charge >= 0.3 is 0 Å². The molecular weight excluding hydrogens is 157 g/mol. The van der Waals surface area contributed by atoms with Gasteiger partial charge < -0.3 is 0 Å². The Kier molecular flexibility index (Phi) is 1.41. The van der Waals surface area contributed by atoms with Crippen LogP contribution in [0.1, 0.15) is 13.8 Å². The molecule has 3 heteroatoms. The quantitative estimate of drug-likeness (QED) is 0.583. The molecule has 1 heterocycles. The zero-order valence-corrected chi connectivity index (χ0v) is 7.67. The summed E-state index contributed by atoms with van der Waals surface area (Å²) in [7, 11) is 1.90. The van der Waals surface area contributed by atoms with Crippen LogP contribution in [0.15, 0.2) is 0 Å². The Morgan fingerprint density at radius 2 is 2.25 bits per heavy atom. The van der Waals surface area contributed by atoms with Gasteiger partial charge in [-0.1, -0.05) is 0 Å². The molecule has 12 heavy (non-hydrogen) atoms. The van der Waals surface area contributed by atoms with Crippen LogP contribution in [0, 0.1) is 11.8 Å². The number of halogens is 1. The molecule has 0 N–H and O–H groups in total. The van der Waals surface area contributed by atoms with E-state index in [1.165, 1.54) is 0 Å². The molecule has 2 aliphatic rings. The molecule has 2 rings (SSSR count). The van der Waals surface area contributed by atoms with Crippen molar-refractivity contribution >= 4 is 5.78 Å². The van der Waals surface area contributed by atoms with Crippen molar-refractivity contribution in [3.05, 3.63) is 0 Å². The molecule has 1 saturated carbocycles. The molecule has 0 spiro atoms. The maximum Gasteiger partial charge on any atom is 0.147 e. The number of carbonyl (C=O) groups is 1. The number of fused-ring (bicyclic) bond motifs is 1. The van der Waals surface area contributed by atoms with E-state index in [4.69, 9.17) is 0 Å². The average molecular weight is 171 g/mol. The van der Waals surface area contributed by atoms with Crippen LogP contribution in [0.3, 0.4) is 0 Å². The van der Waals surface area contributed by atoms with E-state index in [2.05, 4.69) is 0 Å². The van der Waals surface area contributed by atoms with E-state index in [0.29, 0.717) is 0 Å². The summed E-state index contributed by atoms with van der Waals surface area (Å²) in [5, 5.41) is 0. The Hall–Kier alpha value is -0.440. The Morgan fingerprint density at radius 3 is 2.58 bits per heavy atom. The molecule has 2 nitrogen and oxygen atoms in total. The van der Waals surface area contributed by atoms with Gasteiger partial charge in [0.2, 0.25) is 0 Å². The normalized spacial score (nSPS) is 52.2. The second-order valence-electron chi connectivity index (χ2n) is 4.28. The number of nitrogens with zero attached hydrogens (tertiary/aromatic N) is 1. The number of hydrogen-bond acceptors (Lipinski definition) is 2. The van der Waals surface area contributed by atoms with E-state index in [1.54, 1.807) is 13.8 Å². The topological polar surface area (TPSA) is 20.3 Å². The van der Waals surface area contributed by atoms with Gasteiger partial charge in [0.25, 0.3) is 0 Å². The summed E-state index contributed by atoms with van der Waals surface area (Å²) < 4.78 is 13.5. The zero-order valence-electron chi connectivity index (χ0n) is 7.67. The Balaban J connectivity index is 2.19. The smallest absolute Gasteiger partial charge is 0.147 e. The second kappa shape index (κ2) is 2.08. The first-order valence-electron chi connectivity index (χ1n) is 4.36. The Bertz CT molecular complexity index is 239. The number of rotatable bonds is 1. The first-order chi connectivity index (χ1) is 5.46. The number of ketones is 1. The first kappa shape index (κ1) is 8.17. The summed E-state index contributed by atoms with van der Waals surface area (Å²) in [6.45, 7) is 3.91. The van der Waals surface area contributed by atoms with Crippen molar-refractivity contribution in [1.82, 2.24) is 4.90 Å². The van der Waals surface area contributed by atoms with Gasteiger partial charge in [-0.3, -0.25) is 9.69 Å². The minimum absolute atomic E-state index is 0.0278. The molecule has 0 aromatic rings. The van der Waals surface area contributed by atoms with Crippen LogP contribution < -0.4 is 0 Å². The van der Waals surface area contributed by atoms with Gasteiger partial charge in [-0.15, -0.1) is 0 Å². The van der Waals surface area contributed by atoms with Gasteiger partial charge in [0.05, 0.1) is 6.04 Å². The molecule has 0 amide bonds. The maximum absolute atomic E-state index is 13.5. The predicted molar refractivity (Wildman–Crippen MR) is 43.6 cm³/mol. The van der Waals surface area contributed by atoms with Crippen molar-refractivity contribution in [3.8, 4) is 0 Å². The summed E-state index contributed by atoms with van der Waals surface area (Å²) >= 11 is 0. The third-order valence-electron chi connectivity index (χ3n) is 3.42. The number of likely N-dealkylation sites (N-methyl/N-ethyl adjacent to an activating group) is 1. The van der Waals surface area contributed by atoms with Crippen LogP contribution in [0.2, 0.25) is 0 Å². The number of likely N-dealkylation sites (tertiary alicyclic amines) is 1. The monoisotopic (exact) mass is 171 g/mol. The van der Waals surface area contributed by atoms with E-state index in [1.807, 2.05) is 11.9 Å². The zero-order chi connectivity index (χ0) is 9.09. The maximum atomic E-state index is 13.5. The van der Waals surface area contributed by atoms with E-state index >= 15 is 0 Å². The van der Waals surface area contributed by atoms with Crippen molar-refractivity contribution in [1.29, 1.82) is 0 Å². The molecular formula is C9H14FNO. The molecule has 2 fully saturated rings. The minimum Gasteiger partial charge on any atom is -0.298 e. The van der Waals surface area contributed by atoms with Crippen LogP contribution in [0.25, 0.3) is 0 Å². The fourth-order valence-corrected chi connectivity index (χ4v) is 2.68. The highest BCUT2D eigenvalue weighted by Crippen LogP contribution is 2.60. The van der Waals surface area contributed by atoms with Crippen molar-refractivity contribution < 1.29 is 9.18 Å². The van der Waals surface area contributed by atoms with Gasteiger partial charge in [0.15, 0.2) is 0 Å². The minimum atomic E-state index is -1.07. The Morgan fingerprint density at radius 1 is 1.67 bits per heavy atom. The van der Waals surface area contributed by atoms with Crippen LogP contribution in [-0.4, -0.2) is 36.0 Å². The lowest BCUT2D eigenvalue weighted by Crippen LogP contribution is -2.39. The largest absolute Gasteiger partial charge is 0.298 e.